The zero-order valence-electron chi connectivity index (χ0n) is 8.93. The monoisotopic (exact) mass is 235 g/mol. The summed E-state index contributed by atoms with van der Waals surface area (Å²) in [6.45, 7) is 2.94. The van der Waals surface area contributed by atoms with Gasteiger partial charge in [0.05, 0.1) is 0 Å². The van der Waals surface area contributed by atoms with E-state index >= 15 is 0 Å². The lowest BCUT2D eigenvalue weighted by molar-refractivity contribution is -0.136. The second-order valence-corrected chi connectivity index (χ2v) is 6.26. The lowest BCUT2D eigenvalue weighted by Gasteiger charge is -2.15. The minimum absolute atomic E-state index is 0.177. The molecule has 0 radical (unpaired) electrons. The Balaban J connectivity index is 2.50. The lowest BCUT2D eigenvalue weighted by atomic mass is 10.2. The molecule has 1 rings (SSSR count). The topological polar surface area (TPSA) is 83.5 Å². The molecule has 1 aliphatic rings. The highest BCUT2D eigenvalue weighted by Gasteiger charge is 2.31. The predicted octanol–water partition coefficient (Wildman–Crippen LogP) is 0.567. The molecule has 5 nitrogen and oxygen atoms in total. The molecular formula is C9H17NO4S. The molecule has 2 unspecified atom stereocenters. The first-order valence-electron chi connectivity index (χ1n) is 5.07. The van der Waals surface area contributed by atoms with Crippen LogP contribution in [0.4, 0.5) is 0 Å². The van der Waals surface area contributed by atoms with Gasteiger partial charge in [0.15, 0.2) is 5.25 Å². The number of hydrogen-bond donors (Lipinski definition) is 2. The van der Waals surface area contributed by atoms with E-state index in [-0.39, 0.29) is 6.04 Å². The summed E-state index contributed by atoms with van der Waals surface area (Å²) < 4.78 is 25.4. The zero-order chi connectivity index (χ0) is 11.6. The van der Waals surface area contributed by atoms with Gasteiger partial charge < -0.3 is 5.11 Å². The van der Waals surface area contributed by atoms with Gasteiger partial charge in [0.2, 0.25) is 10.0 Å². The molecule has 0 spiro atoms. The van der Waals surface area contributed by atoms with Crippen LogP contribution in [0.25, 0.3) is 0 Å². The van der Waals surface area contributed by atoms with Gasteiger partial charge in [0.25, 0.3) is 0 Å². The van der Waals surface area contributed by atoms with Crippen LogP contribution in [0.5, 0.6) is 0 Å². The number of aliphatic carboxylic acids is 1. The van der Waals surface area contributed by atoms with E-state index in [1.165, 1.54) is 6.92 Å². The summed E-state index contributed by atoms with van der Waals surface area (Å²) in [6.07, 6.45) is 3.10. The average molecular weight is 235 g/mol. The molecule has 0 saturated heterocycles. The molecule has 1 aliphatic carbocycles. The fraction of sp³-hybridized carbons (Fsp3) is 0.889. The Hall–Kier alpha value is -0.620. The summed E-state index contributed by atoms with van der Waals surface area (Å²) in [6, 6.07) is -0.177. The number of rotatable bonds is 6. The Morgan fingerprint density at radius 1 is 1.47 bits per heavy atom. The normalized spacial score (nSPS) is 20.9. The van der Waals surface area contributed by atoms with Crippen LogP contribution in [0.2, 0.25) is 0 Å². The molecule has 0 aliphatic heterocycles. The van der Waals surface area contributed by atoms with Gasteiger partial charge in [-0.25, -0.2) is 13.1 Å². The minimum atomic E-state index is -3.73. The van der Waals surface area contributed by atoms with Gasteiger partial charge in [-0.2, -0.15) is 0 Å². The SMILES string of the molecule is CC(CC1CC1)NS(=O)(=O)C(C)C(=O)O. The second-order valence-electron chi connectivity index (χ2n) is 4.22. The van der Waals surface area contributed by atoms with Crippen molar-refractivity contribution in [1.29, 1.82) is 0 Å². The van der Waals surface area contributed by atoms with E-state index < -0.39 is 21.2 Å². The van der Waals surface area contributed by atoms with Crippen molar-refractivity contribution in [2.45, 2.75) is 44.4 Å². The third-order valence-electron chi connectivity index (χ3n) is 2.56. The molecule has 6 heteroatoms. The van der Waals surface area contributed by atoms with Crippen LogP contribution in [-0.4, -0.2) is 30.8 Å². The van der Waals surface area contributed by atoms with Crippen LogP contribution in [0, 0.1) is 5.92 Å². The van der Waals surface area contributed by atoms with Crippen molar-refractivity contribution in [1.82, 2.24) is 4.72 Å². The number of sulfonamides is 1. The van der Waals surface area contributed by atoms with Gasteiger partial charge in [0, 0.05) is 6.04 Å². The van der Waals surface area contributed by atoms with Crippen molar-refractivity contribution in [2.24, 2.45) is 5.92 Å². The van der Waals surface area contributed by atoms with E-state index in [4.69, 9.17) is 5.11 Å². The highest BCUT2D eigenvalue weighted by molar-refractivity contribution is 7.90. The molecule has 0 aromatic heterocycles. The fourth-order valence-corrected chi connectivity index (χ4v) is 2.54. The van der Waals surface area contributed by atoms with Crippen LogP contribution in [0.15, 0.2) is 0 Å². The van der Waals surface area contributed by atoms with Crippen LogP contribution in [0.3, 0.4) is 0 Å². The Kier molecular flexibility index (Phi) is 3.72. The summed E-state index contributed by atoms with van der Waals surface area (Å²) in [5.74, 6) is -0.705. The highest BCUT2D eigenvalue weighted by Crippen LogP contribution is 2.33. The van der Waals surface area contributed by atoms with Crippen molar-refractivity contribution >= 4 is 16.0 Å². The summed E-state index contributed by atoms with van der Waals surface area (Å²) in [4.78, 5) is 10.5. The summed E-state index contributed by atoms with van der Waals surface area (Å²) in [7, 11) is -3.73. The standard InChI is InChI=1S/C9H17NO4S/c1-6(5-8-3-4-8)10-15(13,14)7(2)9(11)12/h6-8,10H,3-5H2,1-2H3,(H,11,12). The van der Waals surface area contributed by atoms with Gasteiger partial charge in [-0.3, -0.25) is 4.79 Å². The van der Waals surface area contributed by atoms with E-state index in [1.807, 2.05) is 0 Å². The quantitative estimate of drug-likeness (QED) is 0.705. The predicted molar refractivity (Wildman–Crippen MR) is 56.0 cm³/mol. The maximum atomic E-state index is 11.5. The first-order chi connectivity index (χ1) is 6.83. The van der Waals surface area contributed by atoms with Gasteiger partial charge in [-0.15, -0.1) is 0 Å². The third-order valence-corrected chi connectivity index (χ3v) is 4.43. The van der Waals surface area contributed by atoms with Crippen molar-refractivity contribution in [3.63, 3.8) is 0 Å². The number of carboxylic acids is 1. The van der Waals surface area contributed by atoms with Gasteiger partial charge >= 0.3 is 5.97 Å². The van der Waals surface area contributed by atoms with Gasteiger partial charge in [-0.1, -0.05) is 12.8 Å². The molecule has 1 fully saturated rings. The fourth-order valence-electron chi connectivity index (χ4n) is 1.42. The molecule has 0 bridgehead atoms. The average Bonchev–Trinajstić information content (AvgIpc) is 2.85. The smallest absolute Gasteiger partial charge is 0.323 e. The third kappa shape index (κ3) is 3.79. The van der Waals surface area contributed by atoms with Crippen LogP contribution >= 0.6 is 0 Å². The molecular weight excluding hydrogens is 218 g/mol. The molecule has 0 aromatic rings. The van der Waals surface area contributed by atoms with E-state index in [2.05, 4.69) is 4.72 Å². The largest absolute Gasteiger partial charge is 0.480 e. The lowest BCUT2D eigenvalue weighted by Crippen LogP contribution is -2.42. The van der Waals surface area contributed by atoms with E-state index in [0.29, 0.717) is 5.92 Å². The van der Waals surface area contributed by atoms with E-state index in [9.17, 15) is 13.2 Å². The van der Waals surface area contributed by atoms with Crippen molar-refractivity contribution < 1.29 is 18.3 Å². The zero-order valence-corrected chi connectivity index (χ0v) is 9.75. The van der Waals surface area contributed by atoms with Crippen molar-refractivity contribution in [2.75, 3.05) is 0 Å². The summed E-state index contributed by atoms with van der Waals surface area (Å²) in [5, 5.41) is 7.22. The maximum absolute atomic E-state index is 11.5. The molecule has 15 heavy (non-hydrogen) atoms. The number of nitrogens with one attached hydrogen (secondary N) is 1. The van der Waals surface area contributed by atoms with Crippen LogP contribution in [0.1, 0.15) is 33.1 Å². The first-order valence-corrected chi connectivity index (χ1v) is 6.61. The van der Waals surface area contributed by atoms with Gasteiger partial charge in [-0.05, 0) is 26.2 Å². The molecule has 1 saturated carbocycles. The molecule has 88 valence electrons. The van der Waals surface area contributed by atoms with Crippen molar-refractivity contribution in [3.05, 3.63) is 0 Å². The second kappa shape index (κ2) is 4.49. The Labute approximate surface area is 89.9 Å². The number of carboxylic acid groups (broad SMARTS) is 1. The maximum Gasteiger partial charge on any atom is 0.323 e. The molecule has 0 aromatic carbocycles. The summed E-state index contributed by atoms with van der Waals surface area (Å²) >= 11 is 0. The molecule has 2 atom stereocenters. The number of carbonyl (C=O) groups is 1. The molecule has 0 heterocycles. The highest BCUT2D eigenvalue weighted by atomic mass is 32.2. The van der Waals surface area contributed by atoms with E-state index in [1.54, 1.807) is 6.92 Å². The van der Waals surface area contributed by atoms with Crippen LogP contribution in [-0.2, 0) is 14.8 Å². The molecule has 0 amide bonds. The van der Waals surface area contributed by atoms with Crippen LogP contribution < -0.4 is 4.72 Å². The Bertz CT molecular complexity index is 334. The van der Waals surface area contributed by atoms with Gasteiger partial charge in [0.1, 0.15) is 0 Å². The molecule has 2 N–H and O–H groups in total. The summed E-state index contributed by atoms with van der Waals surface area (Å²) in [5.41, 5.74) is 0. The van der Waals surface area contributed by atoms with E-state index in [0.717, 1.165) is 19.3 Å². The number of hydrogen-bond acceptors (Lipinski definition) is 3. The van der Waals surface area contributed by atoms with Crippen molar-refractivity contribution in [3.8, 4) is 0 Å². The first kappa shape index (κ1) is 12.4. The Morgan fingerprint density at radius 2 is 2.00 bits per heavy atom. The minimum Gasteiger partial charge on any atom is -0.480 e. The Morgan fingerprint density at radius 3 is 2.40 bits per heavy atom.